The van der Waals surface area contributed by atoms with Crippen LogP contribution in [0.2, 0.25) is 0 Å². The van der Waals surface area contributed by atoms with Gasteiger partial charge in [0.25, 0.3) is 0 Å². The second-order valence-corrected chi connectivity index (χ2v) is 17.8. The van der Waals surface area contributed by atoms with Crippen molar-refractivity contribution in [3.8, 4) is 33.0 Å². The molecule has 18 nitrogen and oxygen atoms in total. The maximum atomic E-state index is 12.7. The first-order valence-corrected chi connectivity index (χ1v) is 21.6. The first-order chi connectivity index (χ1) is 31.4. The summed E-state index contributed by atoms with van der Waals surface area (Å²) in [5, 5.41) is 84.9. The average Bonchev–Trinajstić information content (AvgIpc) is 3.84. The van der Waals surface area contributed by atoms with Crippen LogP contribution in [0.15, 0.2) is 48.5 Å². The van der Waals surface area contributed by atoms with E-state index < -0.39 is 74.7 Å². The van der Waals surface area contributed by atoms with Crippen LogP contribution in [0.1, 0.15) is 97.5 Å². The number of fused-ring (bicyclic) bond motifs is 2. The van der Waals surface area contributed by atoms with E-state index >= 15 is 0 Å². The number of ether oxygens (including phenoxy) is 2. The molecule has 9 rings (SSSR count). The van der Waals surface area contributed by atoms with Crippen molar-refractivity contribution < 1.29 is 79.1 Å². The first-order valence-electron chi connectivity index (χ1n) is 19.9. The zero-order valence-corrected chi connectivity index (χ0v) is 35.9. The monoisotopic (exact) mass is 936 g/mol. The summed E-state index contributed by atoms with van der Waals surface area (Å²) in [7, 11) is 0. The number of phenolic OH excluding ortho intramolecular Hbond substituents is 2. The number of hydrogen-bond donors (Lipinski definition) is 8. The number of aromatic nitrogens is 2. The van der Waals surface area contributed by atoms with Gasteiger partial charge < -0.3 is 50.3 Å². The van der Waals surface area contributed by atoms with Crippen molar-refractivity contribution >= 4 is 58.5 Å². The van der Waals surface area contributed by atoms with Crippen LogP contribution < -0.4 is 9.47 Å². The SMILES string of the molecule is O=C(O)Cc1cc2c(O)c(c1)Cc1cc(CC(=O)O)cc3c1OCc1nc(sc1C(=O)O)-c1nc(c(C(=O)O)s1)COc1c(cc(CC(=O)O)cc1Cc1cc(CC(=O)O)cc(c1O)C3)C2. The van der Waals surface area contributed by atoms with Crippen molar-refractivity contribution in [3.63, 3.8) is 0 Å². The quantitative estimate of drug-likeness (QED) is 0.0812. The first kappa shape index (κ1) is 44.8. The summed E-state index contributed by atoms with van der Waals surface area (Å²) in [4.78, 5) is 82.7. The molecule has 1 aliphatic carbocycles. The topological polar surface area (TPSA) is 308 Å². The van der Waals surface area contributed by atoms with E-state index in [-0.39, 0.29) is 147 Å². The minimum Gasteiger partial charge on any atom is -0.507 e. The summed E-state index contributed by atoms with van der Waals surface area (Å²) in [5.74, 6) is -8.10. The lowest BCUT2D eigenvalue weighted by Crippen LogP contribution is -2.11. The Morgan fingerprint density at radius 3 is 0.939 bits per heavy atom. The smallest absolute Gasteiger partial charge is 0.347 e. The van der Waals surface area contributed by atoms with Crippen LogP contribution >= 0.6 is 22.7 Å². The van der Waals surface area contributed by atoms with E-state index in [2.05, 4.69) is 9.97 Å². The number of aromatic carboxylic acids is 2. The Labute approximate surface area is 380 Å². The van der Waals surface area contributed by atoms with Crippen LogP contribution in [0.3, 0.4) is 0 Å². The van der Waals surface area contributed by atoms with Gasteiger partial charge in [-0.1, -0.05) is 48.5 Å². The number of thiazole rings is 2. The van der Waals surface area contributed by atoms with Crippen molar-refractivity contribution in [3.05, 3.63) is 136 Å². The lowest BCUT2D eigenvalue weighted by atomic mass is 9.87. The van der Waals surface area contributed by atoms with Gasteiger partial charge in [0.05, 0.1) is 25.7 Å². The van der Waals surface area contributed by atoms with E-state index in [9.17, 15) is 69.6 Å². The van der Waals surface area contributed by atoms with Crippen molar-refractivity contribution in [2.75, 3.05) is 0 Å². The number of rotatable bonds is 10. The van der Waals surface area contributed by atoms with E-state index in [0.29, 0.717) is 0 Å². The third kappa shape index (κ3) is 9.49. The zero-order valence-electron chi connectivity index (χ0n) is 34.2. The number of aromatic hydroxyl groups is 2. The molecule has 0 radical (unpaired) electrons. The molecule has 0 saturated heterocycles. The van der Waals surface area contributed by atoms with Gasteiger partial charge in [0.15, 0.2) is 10.0 Å². The van der Waals surface area contributed by atoms with Gasteiger partial charge in [-0.3, -0.25) is 19.2 Å². The number of aliphatic carboxylic acids is 4. The average molecular weight is 937 g/mol. The number of carboxylic acids is 6. The fourth-order valence-corrected chi connectivity index (χ4v) is 10.2. The molecule has 0 spiro atoms. The van der Waals surface area contributed by atoms with E-state index in [0.717, 1.165) is 22.7 Å². The fraction of sp³-hybridized carbons (Fsp3) is 0.217. The number of hydrogen-bond acceptors (Lipinski definition) is 14. The summed E-state index contributed by atoms with van der Waals surface area (Å²) in [5.41, 5.74) is 2.48. The second-order valence-electron chi connectivity index (χ2n) is 15.8. The molecule has 4 aromatic carbocycles. The Morgan fingerprint density at radius 1 is 0.439 bits per heavy atom. The summed E-state index contributed by atoms with van der Waals surface area (Å²) in [6.07, 6.45) is -2.89. The van der Waals surface area contributed by atoms with E-state index in [1.807, 2.05) is 0 Å². The highest BCUT2D eigenvalue weighted by atomic mass is 32.1. The molecule has 338 valence electrons. The van der Waals surface area contributed by atoms with Crippen LogP contribution in [0.25, 0.3) is 10.0 Å². The van der Waals surface area contributed by atoms with Gasteiger partial charge in [-0.15, -0.1) is 22.7 Å². The summed E-state index contributed by atoms with van der Waals surface area (Å²) < 4.78 is 13.0. The molecule has 0 saturated carbocycles. The lowest BCUT2D eigenvalue weighted by Gasteiger charge is -2.22. The predicted molar refractivity (Wildman–Crippen MR) is 231 cm³/mol. The Morgan fingerprint density at radius 2 is 0.697 bits per heavy atom. The van der Waals surface area contributed by atoms with Crippen LogP contribution in [0.5, 0.6) is 23.0 Å². The number of phenols is 2. The van der Waals surface area contributed by atoms with Gasteiger partial charge in [0.2, 0.25) is 0 Å². The zero-order chi connectivity index (χ0) is 47.1. The highest BCUT2D eigenvalue weighted by molar-refractivity contribution is 7.23. The molecule has 2 aliphatic heterocycles. The van der Waals surface area contributed by atoms with Gasteiger partial charge in [-0.2, -0.15) is 0 Å². The summed E-state index contributed by atoms with van der Waals surface area (Å²) >= 11 is 1.44. The highest BCUT2D eigenvalue weighted by Gasteiger charge is 2.29. The number of nitrogens with zero attached hydrogens (tertiary/aromatic N) is 2. The highest BCUT2D eigenvalue weighted by Crippen LogP contribution is 2.42. The summed E-state index contributed by atoms with van der Waals surface area (Å²) in [6.45, 7) is -1.04. The van der Waals surface area contributed by atoms with Crippen molar-refractivity contribution in [2.45, 2.75) is 64.6 Å². The molecular weight excluding hydrogens is 901 g/mol. The standard InChI is InChI=1S/C46H36N2O16S2/c49-33(50)9-19-1-23-13-27-5-21(11-35(53)54)6-29-15-25-3-20(10-34(51)52)4-26(38(25)58)16-30-8-22(12-36(55)56)7-28(14-24(2-19)37(23)57)40(30)64-18-32-42(46(61)62)66-44(48-32)43-47-31(17-63-39(27)29)41(65-43)45(59)60/h1-8,57-58H,9-18H2,(H,49,50)(H,51,52)(H,53,54)(H,55,56)(H,59,60)(H,61,62). The molecule has 0 unspecified atom stereocenters. The Balaban J connectivity index is 1.51. The van der Waals surface area contributed by atoms with Gasteiger partial charge in [-0.05, 0) is 66.8 Å². The van der Waals surface area contributed by atoms with Crippen molar-refractivity contribution in [2.24, 2.45) is 0 Å². The normalized spacial score (nSPS) is 12.9. The number of carbonyl (C=O) groups is 6. The molecule has 4 heterocycles. The Kier molecular flexibility index (Phi) is 12.2. The maximum absolute atomic E-state index is 12.7. The summed E-state index contributed by atoms with van der Waals surface area (Å²) in [6, 6.07) is 11.9. The maximum Gasteiger partial charge on any atom is 0.347 e. The molecule has 2 aromatic heterocycles. The second kappa shape index (κ2) is 18.0. The lowest BCUT2D eigenvalue weighted by molar-refractivity contribution is -0.137. The molecule has 14 bridgehead atoms. The molecular formula is C46H36N2O16S2. The third-order valence-corrected chi connectivity index (χ3v) is 13.2. The number of benzene rings is 4. The predicted octanol–water partition coefficient (Wildman–Crippen LogP) is 5.73. The number of carboxylic acid groups (broad SMARTS) is 6. The van der Waals surface area contributed by atoms with E-state index in [4.69, 9.17) is 9.47 Å². The van der Waals surface area contributed by atoms with Crippen molar-refractivity contribution in [1.29, 1.82) is 0 Å². The van der Waals surface area contributed by atoms with Gasteiger partial charge >= 0.3 is 35.8 Å². The minimum atomic E-state index is -1.38. The van der Waals surface area contributed by atoms with E-state index in [1.54, 1.807) is 0 Å². The fourth-order valence-electron chi connectivity index (χ4n) is 8.38. The van der Waals surface area contributed by atoms with Gasteiger partial charge in [-0.25, -0.2) is 19.6 Å². The van der Waals surface area contributed by atoms with E-state index in [1.165, 1.54) is 48.5 Å². The molecule has 8 N–H and O–H groups in total. The molecule has 0 amide bonds. The van der Waals surface area contributed by atoms with Crippen LogP contribution in [-0.4, -0.2) is 86.6 Å². The largest absolute Gasteiger partial charge is 0.507 e. The molecule has 0 fully saturated rings. The third-order valence-electron chi connectivity index (χ3n) is 10.9. The molecule has 0 atom stereocenters. The Bertz CT molecular complexity index is 2760. The van der Waals surface area contributed by atoms with Crippen LogP contribution in [0.4, 0.5) is 0 Å². The van der Waals surface area contributed by atoms with Gasteiger partial charge in [0, 0.05) is 25.7 Å². The van der Waals surface area contributed by atoms with Crippen LogP contribution in [-0.2, 0) is 83.8 Å². The minimum absolute atomic E-state index is 0.0519. The van der Waals surface area contributed by atoms with Crippen molar-refractivity contribution in [1.82, 2.24) is 9.97 Å². The molecule has 20 heteroatoms. The molecule has 66 heavy (non-hydrogen) atoms. The molecule has 3 aliphatic rings. The van der Waals surface area contributed by atoms with Gasteiger partial charge in [0.1, 0.15) is 57.4 Å². The van der Waals surface area contributed by atoms with Crippen LogP contribution in [0, 0.1) is 0 Å². The Hall–Kier alpha value is -7.84. The molecule has 6 aromatic rings.